The van der Waals surface area contributed by atoms with E-state index >= 15 is 0 Å². The molecule has 0 radical (unpaired) electrons. The zero-order chi connectivity index (χ0) is 27.5. The third-order valence-corrected chi connectivity index (χ3v) is 19.7. The number of carbonyl (C=O) groups excluding carboxylic acids is 1. The molecule has 2 aliphatic rings. The molecule has 2 saturated heterocycles. The van der Waals surface area contributed by atoms with E-state index in [1.54, 1.807) is 7.11 Å². The van der Waals surface area contributed by atoms with Crippen molar-refractivity contribution >= 4 is 22.9 Å². The molecule has 36 heavy (non-hydrogen) atoms. The van der Waals surface area contributed by atoms with Crippen molar-refractivity contribution in [3.8, 4) is 0 Å². The van der Waals surface area contributed by atoms with E-state index in [4.69, 9.17) is 23.1 Å². The summed E-state index contributed by atoms with van der Waals surface area (Å²) in [4.78, 5) is 11.4. The summed E-state index contributed by atoms with van der Waals surface area (Å²) in [5.41, 5.74) is 1.53. The summed E-state index contributed by atoms with van der Waals surface area (Å²) in [7, 11) is -2.31. The van der Waals surface area contributed by atoms with Crippen LogP contribution in [0.1, 0.15) is 94.4 Å². The van der Waals surface area contributed by atoms with E-state index < -0.39 is 22.4 Å². The second-order valence-electron chi connectivity index (χ2n) is 13.7. The molecule has 0 aromatic heterocycles. The van der Waals surface area contributed by atoms with Crippen LogP contribution in [0, 0.1) is 0 Å². The molecule has 2 heterocycles. The van der Waals surface area contributed by atoms with Crippen molar-refractivity contribution in [2.45, 2.75) is 159 Å². The first-order valence-electron chi connectivity index (χ1n) is 14.2. The summed E-state index contributed by atoms with van der Waals surface area (Å²) in [6, 6.07) is 0. The van der Waals surface area contributed by atoms with Gasteiger partial charge in [-0.1, -0.05) is 62.3 Å². The van der Waals surface area contributed by atoms with E-state index in [1.165, 1.54) is 0 Å². The molecule has 0 unspecified atom stereocenters. The Balaban J connectivity index is 2.36. The van der Waals surface area contributed by atoms with Crippen LogP contribution >= 0.6 is 0 Å². The van der Waals surface area contributed by atoms with Gasteiger partial charge in [0.25, 0.3) is 0 Å². The number of aldehydes is 1. The van der Waals surface area contributed by atoms with Gasteiger partial charge < -0.3 is 27.9 Å². The molecule has 2 aliphatic heterocycles. The van der Waals surface area contributed by atoms with Crippen LogP contribution in [0.5, 0.6) is 0 Å². The molecule has 2 fully saturated rings. The molecule has 1 spiro atoms. The molecule has 0 aromatic rings. The predicted molar refractivity (Wildman–Crippen MR) is 151 cm³/mol. The quantitative estimate of drug-likeness (QED) is 0.202. The average molecular weight is 545 g/mol. The van der Waals surface area contributed by atoms with Crippen LogP contribution in [0.2, 0.25) is 34.8 Å². The third-order valence-electron chi connectivity index (χ3n) is 9.08. The van der Waals surface area contributed by atoms with Crippen molar-refractivity contribution in [1.82, 2.24) is 0 Å². The zero-order valence-corrected chi connectivity index (χ0v) is 27.3. The highest BCUT2D eigenvalue weighted by molar-refractivity contribution is 6.77. The van der Waals surface area contributed by atoms with Crippen molar-refractivity contribution < 1.29 is 27.9 Å². The van der Waals surface area contributed by atoms with Gasteiger partial charge in [0, 0.05) is 39.2 Å². The van der Waals surface area contributed by atoms with Crippen LogP contribution in [-0.2, 0) is 27.9 Å². The Kier molecular flexibility index (Phi) is 11.1. The van der Waals surface area contributed by atoms with Gasteiger partial charge in [0.1, 0.15) is 6.29 Å². The molecule has 0 N–H and O–H groups in total. The maximum Gasteiger partial charge on any atom is 0.200 e. The maximum atomic E-state index is 11.4. The lowest BCUT2D eigenvalue weighted by Gasteiger charge is -2.52. The monoisotopic (exact) mass is 544 g/mol. The summed E-state index contributed by atoms with van der Waals surface area (Å²) in [6.45, 7) is 25.9. The van der Waals surface area contributed by atoms with Gasteiger partial charge in [0.05, 0.1) is 31.0 Å². The minimum atomic E-state index is -2.04. The van der Waals surface area contributed by atoms with Crippen LogP contribution in [-0.4, -0.2) is 66.8 Å². The number of carbonyl (C=O) groups is 1. The highest BCUT2D eigenvalue weighted by Crippen LogP contribution is 2.46. The van der Waals surface area contributed by atoms with Crippen LogP contribution in [0.25, 0.3) is 0 Å². The number of hydrogen-bond acceptors (Lipinski definition) is 6. The summed E-state index contributed by atoms with van der Waals surface area (Å²) in [5, 5.41) is 0.113. The lowest BCUT2D eigenvalue weighted by molar-refractivity contribution is -0.340. The number of ether oxygens (including phenoxy) is 3. The van der Waals surface area contributed by atoms with Gasteiger partial charge >= 0.3 is 0 Å². The molecular weight excluding hydrogens is 488 g/mol. The van der Waals surface area contributed by atoms with Crippen molar-refractivity contribution in [2.75, 3.05) is 13.7 Å². The van der Waals surface area contributed by atoms with Crippen molar-refractivity contribution in [3.63, 3.8) is 0 Å². The summed E-state index contributed by atoms with van der Waals surface area (Å²) >= 11 is 0. The fraction of sp³-hybridized carbons (Fsp3) is 0.964. The smallest absolute Gasteiger partial charge is 0.200 e. The maximum absolute atomic E-state index is 11.4. The van der Waals surface area contributed by atoms with Crippen molar-refractivity contribution in [1.29, 1.82) is 0 Å². The van der Waals surface area contributed by atoms with Gasteiger partial charge in [0.2, 0.25) is 0 Å². The first-order valence-corrected chi connectivity index (χ1v) is 19.2. The standard InChI is InChI=1S/C28H56O6Si2/c1-20(2)36(21(3)4,22(5)6)31-19-26-16-25(34-35(11,12)27(7,8)9)18-28(33-26)17-24(30-10)15-23(32-28)13-14-29/h14,20-26H,13,15-19H2,1-12H3/t23-,24+,25+,26-,28-/m1/s1. The SMILES string of the molecule is CO[C@H]1C[C@@H](CC=O)O[C@@]2(C1)C[C@@H](O[Si](C)(C)C(C)(C)C)C[C@H](CO[Si](C(C)C)(C(C)C)C(C)C)O2. The van der Waals surface area contributed by atoms with Crippen molar-refractivity contribution in [2.24, 2.45) is 0 Å². The summed E-state index contributed by atoms with van der Waals surface area (Å²) < 4.78 is 33.1. The van der Waals surface area contributed by atoms with Gasteiger partial charge in [-0.15, -0.1) is 0 Å². The zero-order valence-electron chi connectivity index (χ0n) is 25.3. The summed E-state index contributed by atoms with van der Waals surface area (Å²) in [6.07, 6.45) is 3.79. The number of rotatable bonds is 11. The summed E-state index contributed by atoms with van der Waals surface area (Å²) in [5.74, 6) is -0.816. The van der Waals surface area contributed by atoms with Crippen LogP contribution in [0.4, 0.5) is 0 Å². The first kappa shape index (κ1) is 32.1. The molecule has 0 amide bonds. The molecule has 0 bridgehead atoms. The van der Waals surface area contributed by atoms with Gasteiger partial charge in [0.15, 0.2) is 22.4 Å². The van der Waals surface area contributed by atoms with E-state index in [1.807, 2.05) is 0 Å². The Morgan fingerprint density at radius 3 is 1.89 bits per heavy atom. The first-order chi connectivity index (χ1) is 16.5. The third kappa shape index (κ3) is 7.30. The Labute approximate surface area is 223 Å². The largest absolute Gasteiger partial charge is 0.414 e. The Morgan fingerprint density at radius 2 is 1.42 bits per heavy atom. The second-order valence-corrected chi connectivity index (χ2v) is 23.9. The molecule has 0 aromatic carbocycles. The molecule has 6 nitrogen and oxygen atoms in total. The lowest BCUT2D eigenvalue weighted by Crippen LogP contribution is -2.58. The van der Waals surface area contributed by atoms with Gasteiger partial charge in [-0.2, -0.15) is 0 Å². The molecule has 0 aliphatic carbocycles. The Bertz CT molecular complexity index is 683. The minimum Gasteiger partial charge on any atom is -0.414 e. The molecular formula is C28H56O6Si2. The normalized spacial score (nSPS) is 30.5. The second kappa shape index (κ2) is 12.4. The van der Waals surface area contributed by atoms with Gasteiger partial charge in [-0.05, 0) is 34.8 Å². The Morgan fingerprint density at radius 1 is 0.917 bits per heavy atom. The van der Waals surface area contributed by atoms with E-state index in [9.17, 15) is 4.79 Å². The van der Waals surface area contributed by atoms with Gasteiger partial charge in [-0.3, -0.25) is 0 Å². The highest BCUT2D eigenvalue weighted by Gasteiger charge is 2.52. The molecule has 8 heteroatoms. The highest BCUT2D eigenvalue weighted by atomic mass is 28.4. The molecule has 0 saturated carbocycles. The molecule has 212 valence electrons. The fourth-order valence-corrected chi connectivity index (χ4v) is 13.2. The lowest BCUT2D eigenvalue weighted by atomic mass is 9.89. The van der Waals surface area contributed by atoms with Crippen molar-refractivity contribution in [3.05, 3.63) is 0 Å². The number of hydrogen-bond donors (Lipinski definition) is 0. The van der Waals surface area contributed by atoms with E-state index in [-0.39, 0.29) is 29.5 Å². The van der Waals surface area contributed by atoms with Gasteiger partial charge in [-0.25, -0.2) is 0 Å². The van der Waals surface area contributed by atoms with Crippen LogP contribution < -0.4 is 0 Å². The topological polar surface area (TPSA) is 63.2 Å². The molecule has 2 rings (SSSR count). The van der Waals surface area contributed by atoms with E-state index in [0.29, 0.717) is 48.9 Å². The Hall–Kier alpha value is -0.0962. The predicted octanol–water partition coefficient (Wildman–Crippen LogP) is 7.23. The van der Waals surface area contributed by atoms with Crippen LogP contribution in [0.3, 0.4) is 0 Å². The van der Waals surface area contributed by atoms with E-state index in [0.717, 1.165) is 12.7 Å². The minimum absolute atomic E-state index is 0.00709. The molecule has 5 atom stereocenters. The number of methoxy groups -OCH3 is 1. The van der Waals surface area contributed by atoms with E-state index in [2.05, 4.69) is 75.4 Å². The van der Waals surface area contributed by atoms with Crippen LogP contribution in [0.15, 0.2) is 0 Å². The average Bonchev–Trinajstić information content (AvgIpc) is 2.71. The fourth-order valence-electron chi connectivity index (χ4n) is 6.41.